The molecule has 116 valence electrons. The quantitative estimate of drug-likeness (QED) is 0.769. The summed E-state index contributed by atoms with van der Waals surface area (Å²) >= 11 is 6.02. The Hall–Kier alpha value is -2.04. The molecule has 4 nitrogen and oxygen atoms in total. The lowest BCUT2D eigenvalue weighted by Crippen LogP contribution is -2.21. The van der Waals surface area contributed by atoms with Crippen LogP contribution in [0.25, 0.3) is 0 Å². The van der Waals surface area contributed by atoms with Crippen molar-refractivity contribution in [2.75, 3.05) is 19.0 Å². The molecule has 0 unspecified atom stereocenters. The van der Waals surface area contributed by atoms with E-state index in [9.17, 15) is 4.79 Å². The number of nitrogens with one attached hydrogen (secondary N) is 2. The summed E-state index contributed by atoms with van der Waals surface area (Å²) in [6, 6.07) is 15.2. The average molecular weight is 319 g/mol. The second kappa shape index (κ2) is 8.41. The Morgan fingerprint density at radius 1 is 1.18 bits per heavy atom. The van der Waals surface area contributed by atoms with E-state index in [1.54, 1.807) is 25.3 Å². The van der Waals surface area contributed by atoms with E-state index in [0.29, 0.717) is 29.4 Å². The average Bonchev–Trinajstić information content (AvgIpc) is 2.53. The molecule has 0 aliphatic carbocycles. The van der Waals surface area contributed by atoms with E-state index in [-0.39, 0.29) is 5.91 Å². The number of hydrogen-bond acceptors (Lipinski definition) is 3. The number of halogens is 1. The minimum absolute atomic E-state index is 0.0539. The normalized spacial score (nSPS) is 10.3. The van der Waals surface area contributed by atoms with Gasteiger partial charge in [-0.2, -0.15) is 0 Å². The van der Waals surface area contributed by atoms with Gasteiger partial charge in [-0.1, -0.05) is 41.9 Å². The third-order valence-electron chi connectivity index (χ3n) is 3.14. The first kappa shape index (κ1) is 16.3. The maximum absolute atomic E-state index is 11.9. The first-order chi connectivity index (χ1) is 10.7. The third kappa shape index (κ3) is 5.06. The van der Waals surface area contributed by atoms with E-state index >= 15 is 0 Å². The molecule has 2 aromatic rings. The van der Waals surface area contributed by atoms with Crippen LogP contribution in [0.3, 0.4) is 0 Å². The van der Waals surface area contributed by atoms with Crippen molar-refractivity contribution < 1.29 is 9.53 Å². The van der Waals surface area contributed by atoms with Gasteiger partial charge in [-0.05, 0) is 23.8 Å². The molecule has 0 aliphatic rings. The summed E-state index contributed by atoms with van der Waals surface area (Å²) in [7, 11) is 1.55. The highest BCUT2D eigenvalue weighted by Crippen LogP contribution is 2.27. The predicted molar refractivity (Wildman–Crippen MR) is 89.4 cm³/mol. The second-order valence-corrected chi connectivity index (χ2v) is 5.22. The lowest BCUT2D eigenvalue weighted by atomic mass is 10.2. The molecule has 0 aliphatic heterocycles. The number of anilines is 1. The molecule has 0 fully saturated rings. The zero-order chi connectivity index (χ0) is 15.8. The molecule has 0 saturated heterocycles. The molecule has 0 aromatic heterocycles. The van der Waals surface area contributed by atoms with Crippen molar-refractivity contribution in [2.24, 2.45) is 0 Å². The number of ether oxygens (including phenoxy) is 1. The summed E-state index contributed by atoms with van der Waals surface area (Å²) in [4.78, 5) is 11.9. The molecule has 2 rings (SSSR count). The van der Waals surface area contributed by atoms with Crippen LogP contribution >= 0.6 is 11.6 Å². The Bertz CT molecular complexity index is 617. The molecule has 5 heteroatoms. The second-order valence-electron chi connectivity index (χ2n) is 4.81. The summed E-state index contributed by atoms with van der Waals surface area (Å²) < 4.78 is 5.07. The van der Waals surface area contributed by atoms with Crippen LogP contribution in [-0.2, 0) is 11.3 Å². The zero-order valence-electron chi connectivity index (χ0n) is 12.4. The Balaban J connectivity index is 1.73. The largest absolute Gasteiger partial charge is 0.495 e. The fourth-order valence-corrected chi connectivity index (χ4v) is 2.26. The smallest absolute Gasteiger partial charge is 0.225 e. The van der Waals surface area contributed by atoms with Crippen LogP contribution in [0.15, 0.2) is 48.5 Å². The van der Waals surface area contributed by atoms with Crippen LogP contribution in [0.5, 0.6) is 5.75 Å². The van der Waals surface area contributed by atoms with Crippen molar-refractivity contribution in [3.8, 4) is 5.75 Å². The van der Waals surface area contributed by atoms with Crippen molar-refractivity contribution >= 4 is 23.2 Å². The van der Waals surface area contributed by atoms with Crippen LogP contribution in [0.1, 0.15) is 12.0 Å². The lowest BCUT2D eigenvalue weighted by Gasteiger charge is -2.08. The minimum atomic E-state index is -0.0539. The van der Waals surface area contributed by atoms with Crippen LogP contribution in [0, 0.1) is 0 Å². The van der Waals surface area contributed by atoms with Gasteiger partial charge in [0.1, 0.15) is 5.75 Å². The van der Waals surface area contributed by atoms with Gasteiger partial charge in [-0.25, -0.2) is 0 Å². The van der Waals surface area contributed by atoms with E-state index in [1.807, 2.05) is 30.3 Å². The summed E-state index contributed by atoms with van der Waals surface area (Å²) in [6.07, 6.45) is 0.399. The van der Waals surface area contributed by atoms with Crippen molar-refractivity contribution in [3.63, 3.8) is 0 Å². The summed E-state index contributed by atoms with van der Waals surface area (Å²) in [5.41, 5.74) is 1.86. The van der Waals surface area contributed by atoms with Gasteiger partial charge >= 0.3 is 0 Å². The van der Waals surface area contributed by atoms with Gasteiger partial charge in [0, 0.05) is 25.2 Å². The highest BCUT2D eigenvalue weighted by molar-refractivity contribution is 6.32. The van der Waals surface area contributed by atoms with Gasteiger partial charge in [-0.15, -0.1) is 0 Å². The number of amides is 1. The lowest BCUT2D eigenvalue weighted by molar-refractivity contribution is -0.116. The Morgan fingerprint density at radius 2 is 1.95 bits per heavy atom. The van der Waals surface area contributed by atoms with E-state index in [4.69, 9.17) is 16.3 Å². The number of carbonyl (C=O) groups is 1. The summed E-state index contributed by atoms with van der Waals surface area (Å²) in [5.74, 6) is 0.533. The van der Waals surface area contributed by atoms with Crippen LogP contribution in [-0.4, -0.2) is 19.6 Å². The van der Waals surface area contributed by atoms with Gasteiger partial charge in [0.15, 0.2) is 0 Å². The molecule has 22 heavy (non-hydrogen) atoms. The molecule has 0 spiro atoms. The van der Waals surface area contributed by atoms with Crippen molar-refractivity contribution in [1.29, 1.82) is 0 Å². The van der Waals surface area contributed by atoms with E-state index in [0.717, 1.165) is 6.54 Å². The number of hydrogen-bond donors (Lipinski definition) is 2. The third-order valence-corrected chi connectivity index (χ3v) is 3.43. The van der Waals surface area contributed by atoms with E-state index < -0.39 is 0 Å². The fraction of sp³-hybridized carbons (Fsp3) is 0.235. The monoisotopic (exact) mass is 318 g/mol. The molecule has 0 bridgehead atoms. The summed E-state index contributed by atoms with van der Waals surface area (Å²) in [6.45, 7) is 1.37. The zero-order valence-corrected chi connectivity index (χ0v) is 13.2. The number of benzene rings is 2. The predicted octanol–water partition coefficient (Wildman–Crippen LogP) is 3.47. The highest BCUT2D eigenvalue weighted by Gasteiger charge is 2.05. The van der Waals surface area contributed by atoms with Gasteiger partial charge in [0.05, 0.1) is 12.1 Å². The van der Waals surface area contributed by atoms with Crippen molar-refractivity contribution in [3.05, 3.63) is 59.1 Å². The van der Waals surface area contributed by atoms with Crippen molar-refractivity contribution in [2.45, 2.75) is 13.0 Å². The molecule has 0 heterocycles. The molecule has 0 saturated carbocycles. The van der Waals surface area contributed by atoms with E-state index in [2.05, 4.69) is 10.6 Å². The van der Waals surface area contributed by atoms with Gasteiger partial charge < -0.3 is 15.4 Å². The molecular formula is C17H19ClN2O2. The standard InChI is InChI=1S/C17H19ClN2O2/c1-22-16-8-7-14(11-15(16)18)20-17(21)9-10-19-12-13-5-3-2-4-6-13/h2-8,11,19H,9-10,12H2,1H3,(H,20,21). The first-order valence-corrected chi connectivity index (χ1v) is 7.45. The Labute approximate surface area is 135 Å². The van der Waals surface area contributed by atoms with Crippen molar-refractivity contribution in [1.82, 2.24) is 5.32 Å². The number of methoxy groups -OCH3 is 1. The van der Waals surface area contributed by atoms with Crippen LogP contribution in [0.4, 0.5) is 5.69 Å². The van der Waals surface area contributed by atoms with Gasteiger partial charge in [0.2, 0.25) is 5.91 Å². The van der Waals surface area contributed by atoms with Gasteiger partial charge in [0.25, 0.3) is 0 Å². The fourth-order valence-electron chi connectivity index (χ4n) is 2.00. The molecule has 2 N–H and O–H groups in total. The minimum Gasteiger partial charge on any atom is -0.495 e. The first-order valence-electron chi connectivity index (χ1n) is 7.07. The topological polar surface area (TPSA) is 50.4 Å². The molecular weight excluding hydrogens is 300 g/mol. The molecule has 1 amide bonds. The maximum atomic E-state index is 11.9. The molecule has 0 radical (unpaired) electrons. The molecule has 2 aromatic carbocycles. The highest BCUT2D eigenvalue weighted by atomic mass is 35.5. The molecule has 0 atom stereocenters. The maximum Gasteiger partial charge on any atom is 0.225 e. The number of rotatable bonds is 7. The van der Waals surface area contributed by atoms with Crippen LogP contribution < -0.4 is 15.4 Å². The Kier molecular flexibility index (Phi) is 6.25. The number of carbonyl (C=O) groups excluding carboxylic acids is 1. The Morgan fingerprint density at radius 3 is 2.64 bits per heavy atom. The SMILES string of the molecule is COc1ccc(NC(=O)CCNCc2ccccc2)cc1Cl. The van der Waals surface area contributed by atoms with Crippen LogP contribution in [0.2, 0.25) is 5.02 Å². The summed E-state index contributed by atoms with van der Waals surface area (Å²) in [5, 5.41) is 6.53. The van der Waals surface area contributed by atoms with Gasteiger partial charge in [-0.3, -0.25) is 4.79 Å². The van der Waals surface area contributed by atoms with E-state index in [1.165, 1.54) is 5.56 Å².